The predicted octanol–water partition coefficient (Wildman–Crippen LogP) is 3.58. The fourth-order valence-corrected chi connectivity index (χ4v) is 3.87. The van der Waals surface area contributed by atoms with E-state index in [1.54, 1.807) is 0 Å². The highest BCUT2D eigenvalue weighted by molar-refractivity contribution is 14.0. The molecule has 6 heteroatoms. The van der Waals surface area contributed by atoms with E-state index >= 15 is 0 Å². The monoisotopic (exact) mass is 449 g/mol. The number of guanidine groups is 1. The molecule has 1 aliphatic rings. The van der Waals surface area contributed by atoms with Gasteiger partial charge in [0.05, 0.1) is 6.54 Å². The maximum atomic E-state index is 9.84. The van der Waals surface area contributed by atoms with Crippen molar-refractivity contribution in [1.82, 2.24) is 10.6 Å². The van der Waals surface area contributed by atoms with Crippen LogP contribution in [0.15, 0.2) is 17.1 Å². The Bertz CT molecular complexity index is 508. The van der Waals surface area contributed by atoms with E-state index in [0.717, 1.165) is 35.7 Å². The summed E-state index contributed by atoms with van der Waals surface area (Å²) in [5.41, 5.74) is 2.94. The van der Waals surface area contributed by atoms with Gasteiger partial charge in [0.2, 0.25) is 0 Å². The standard InChI is InChI=1S/C17H27N3OS.HI/c1-4-18-17(20-11-15-6-5-7-22-15)19-10-14-8-12(2)16(21)13(3)9-14;/h8-9,15,21H,4-7,10-11H2,1-3H3,(H2,18,19,20);1H. The van der Waals surface area contributed by atoms with Crippen LogP contribution in [0, 0.1) is 13.8 Å². The summed E-state index contributed by atoms with van der Waals surface area (Å²) in [7, 11) is 0. The minimum absolute atomic E-state index is 0. The second-order valence-corrected chi connectivity index (χ2v) is 7.20. The average Bonchev–Trinajstić information content (AvgIpc) is 3.01. The number of nitrogens with one attached hydrogen (secondary N) is 2. The van der Waals surface area contributed by atoms with Gasteiger partial charge in [-0.1, -0.05) is 12.1 Å². The molecule has 4 nitrogen and oxygen atoms in total. The van der Waals surface area contributed by atoms with Gasteiger partial charge in [0.25, 0.3) is 0 Å². The number of aryl methyl sites for hydroxylation is 2. The molecule has 0 aromatic heterocycles. The van der Waals surface area contributed by atoms with Crippen molar-refractivity contribution in [3.05, 3.63) is 28.8 Å². The molecule has 1 aromatic carbocycles. The number of nitrogens with zero attached hydrogens (tertiary/aromatic N) is 1. The maximum absolute atomic E-state index is 9.84. The van der Waals surface area contributed by atoms with Crippen LogP contribution in [0.4, 0.5) is 0 Å². The zero-order chi connectivity index (χ0) is 15.9. The van der Waals surface area contributed by atoms with Crippen LogP contribution in [0.3, 0.4) is 0 Å². The van der Waals surface area contributed by atoms with E-state index in [-0.39, 0.29) is 24.0 Å². The molecule has 0 bridgehead atoms. The van der Waals surface area contributed by atoms with Crippen LogP contribution in [0.25, 0.3) is 0 Å². The molecule has 1 aromatic rings. The molecule has 1 saturated heterocycles. The lowest BCUT2D eigenvalue weighted by Gasteiger charge is -2.14. The summed E-state index contributed by atoms with van der Waals surface area (Å²) in [4.78, 5) is 4.66. The summed E-state index contributed by atoms with van der Waals surface area (Å²) in [5.74, 6) is 2.54. The van der Waals surface area contributed by atoms with Crippen molar-refractivity contribution < 1.29 is 5.11 Å². The molecule has 0 amide bonds. The molecule has 1 heterocycles. The van der Waals surface area contributed by atoms with E-state index in [1.807, 2.05) is 37.7 Å². The molecule has 1 atom stereocenters. The van der Waals surface area contributed by atoms with E-state index in [1.165, 1.54) is 18.6 Å². The lowest BCUT2D eigenvalue weighted by Crippen LogP contribution is -2.40. The number of aliphatic imine (C=N–C) groups is 1. The molecule has 0 radical (unpaired) electrons. The Balaban J connectivity index is 0.00000264. The summed E-state index contributed by atoms with van der Waals surface area (Å²) in [6, 6.07) is 4.00. The average molecular weight is 449 g/mol. The van der Waals surface area contributed by atoms with Crippen molar-refractivity contribution in [2.24, 2.45) is 4.99 Å². The first-order valence-corrected chi connectivity index (χ1v) is 9.08. The maximum Gasteiger partial charge on any atom is 0.191 e. The van der Waals surface area contributed by atoms with E-state index in [0.29, 0.717) is 17.5 Å². The second-order valence-electron chi connectivity index (χ2n) is 5.79. The molecule has 0 spiro atoms. The van der Waals surface area contributed by atoms with Crippen LogP contribution in [0.5, 0.6) is 5.75 Å². The zero-order valence-corrected chi connectivity index (χ0v) is 17.3. The minimum atomic E-state index is 0. The first kappa shape index (κ1) is 20.4. The van der Waals surface area contributed by atoms with Crippen LogP contribution in [0.2, 0.25) is 0 Å². The Morgan fingerprint density at radius 2 is 2.00 bits per heavy atom. The largest absolute Gasteiger partial charge is 0.507 e. The van der Waals surface area contributed by atoms with E-state index in [4.69, 9.17) is 0 Å². The highest BCUT2D eigenvalue weighted by Crippen LogP contribution is 2.25. The van der Waals surface area contributed by atoms with Gasteiger partial charge in [-0.3, -0.25) is 0 Å². The van der Waals surface area contributed by atoms with Gasteiger partial charge in [-0.15, -0.1) is 24.0 Å². The number of aromatic hydroxyl groups is 1. The molecule has 1 unspecified atom stereocenters. The molecular formula is C17H28IN3OS. The Morgan fingerprint density at radius 1 is 1.30 bits per heavy atom. The minimum Gasteiger partial charge on any atom is -0.507 e. The first-order valence-electron chi connectivity index (χ1n) is 8.03. The van der Waals surface area contributed by atoms with Crippen LogP contribution >= 0.6 is 35.7 Å². The zero-order valence-electron chi connectivity index (χ0n) is 14.2. The van der Waals surface area contributed by atoms with Crippen molar-refractivity contribution in [3.63, 3.8) is 0 Å². The van der Waals surface area contributed by atoms with Gasteiger partial charge in [-0.2, -0.15) is 11.8 Å². The fraction of sp³-hybridized carbons (Fsp3) is 0.588. The Morgan fingerprint density at radius 3 is 2.57 bits per heavy atom. The SMILES string of the molecule is CCNC(=NCc1cc(C)c(O)c(C)c1)NCC1CCCS1.I. The number of rotatable bonds is 5. The van der Waals surface area contributed by atoms with Crippen LogP contribution in [-0.4, -0.2) is 35.2 Å². The number of thioether (sulfide) groups is 1. The summed E-state index contributed by atoms with van der Waals surface area (Å²) >= 11 is 2.05. The van der Waals surface area contributed by atoms with Gasteiger partial charge < -0.3 is 15.7 Å². The lowest BCUT2D eigenvalue weighted by atomic mass is 10.1. The third-order valence-electron chi connectivity index (χ3n) is 3.84. The molecule has 3 N–H and O–H groups in total. The predicted molar refractivity (Wildman–Crippen MR) is 111 cm³/mol. The van der Waals surface area contributed by atoms with Crippen molar-refractivity contribution in [2.45, 2.75) is 45.4 Å². The third-order valence-corrected chi connectivity index (χ3v) is 5.23. The van der Waals surface area contributed by atoms with Gasteiger partial charge in [-0.05, 0) is 56.1 Å². The quantitative estimate of drug-likeness (QED) is 0.366. The Kier molecular flexibility index (Phi) is 9.12. The molecule has 130 valence electrons. The molecule has 1 fully saturated rings. The number of benzene rings is 1. The van der Waals surface area contributed by atoms with Gasteiger partial charge >= 0.3 is 0 Å². The number of phenolic OH excluding ortho intramolecular Hbond substituents is 1. The number of halogens is 1. The molecule has 1 aliphatic heterocycles. The summed E-state index contributed by atoms with van der Waals surface area (Å²) in [6.07, 6.45) is 2.63. The number of hydrogen-bond donors (Lipinski definition) is 3. The summed E-state index contributed by atoms with van der Waals surface area (Å²) in [5, 5.41) is 17.3. The van der Waals surface area contributed by atoms with Gasteiger partial charge in [0, 0.05) is 18.3 Å². The first-order chi connectivity index (χ1) is 10.6. The van der Waals surface area contributed by atoms with Crippen LogP contribution < -0.4 is 10.6 Å². The van der Waals surface area contributed by atoms with E-state index in [9.17, 15) is 5.11 Å². The third kappa shape index (κ3) is 6.41. The number of phenols is 1. The Hall–Kier alpha value is -0.630. The molecule has 2 rings (SSSR count). The van der Waals surface area contributed by atoms with Crippen LogP contribution in [0.1, 0.15) is 36.5 Å². The van der Waals surface area contributed by atoms with Gasteiger partial charge in [0.15, 0.2) is 5.96 Å². The fourth-order valence-electron chi connectivity index (χ4n) is 2.66. The molecule has 0 saturated carbocycles. The topological polar surface area (TPSA) is 56.7 Å². The van der Waals surface area contributed by atoms with Crippen molar-refractivity contribution >= 4 is 41.7 Å². The Labute approximate surface area is 160 Å². The van der Waals surface area contributed by atoms with Crippen molar-refractivity contribution in [1.29, 1.82) is 0 Å². The summed E-state index contributed by atoms with van der Waals surface area (Å²) < 4.78 is 0. The molecular weight excluding hydrogens is 421 g/mol. The summed E-state index contributed by atoms with van der Waals surface area (Å²) in [6.45, 7) is 8.39. The lowest BCUT2D eigenvalue weighted by molar-refractivity contribution is 0.466. The van der Waals surface area contributed by atoms with Crippen molar-refractivity contribution in [2.75, 3.05) is 18.8 Å². The highest BCUT2D eigenvalue weighted by atomic mass is 127. The highest BCUT2D eigenvalue weighted by Gasteiger charge is 2.15. The van der Waals surface area contributed by atoms with Gasteiger partial charge in [0.1, 0.15) is 5.75 Å². The van der Waals surface area contributed by atoms with Crippen molar-refractivity contribution in [3.8, 4) is 5.75 Å². The van der Waals surface area contributed by atoms with Crippen LogP contribution in [-0.2, 0) is 6.54 Å². The second kappa shape index (κ2) is 10.3. The number of hydrogen-bond acceptors (Lipinski definition) is 3. The van der Waals surface area contributed by atoms with E-state index in [2.05, 4.69) is 22.5 Å². The smallest absolute Gasteiger partial charge is 0.191 e. The molecule has 0 aliphatic carbocycles. The molecule has 23 heavy (non-hydrogen) atoms. The van der Waals surface area contributed by atoms with E-state index < -0.39 is 0 Å². The normalized spacial score (nSPS) is 17.7. The van der Waals surface area contributed by atoms with Gasteiger partial charge in [-0.25, -0.2) is 4.99 Å².